The van der Waals surface area contributed by atoms with Crippen LogP contribution in [0.3, 0.4) is 0 Å². The molecule has 0 fully saturated rings. The van der Waals surface area contributed by atoms with Crippen molar-refractivity contribution in [1.82, 2.24) is 0 Å². The number of halogens is 2. The first kappa shape index (κ1) is 17.6. The van der Waals surface area contributed by atoms with Crippen LogP contribution in [0, 0.1) is 0 Å². The molecule has 0 atom stereocenters. The molecule has 0 saturated heterocycles. The van der Waals surface area contributed by atoms with Gasteiger partial charge in [0.1, 0.15) is 17.3 Å². The van der Waals surface area contributed by atoms with Crippen LogP contribution in [0.1, 0.15) is 5.56 Å². The summed E-state index contributed by atoms with van der Waals surface area (Å²) in [6, 6.07) is 11.3. The van der Waals surface area contributed by atoms with Crippen LogP contribution in [0.2, 0.25) is 10.0 Å². The number of carbonyl (C=O) groups excluding carboxylic acids is 1. The van der Waals surface area contributed by atoms with Gasteiger partial charge >= 0.3 is 0 Å². The standard InChI is InChI=1S/C15H13Cl2NO4S/c16-12-6-5-11(7-13(12)17)22-14-4-2-1-3-10(14)8-23(20,21)9-15(18)19/h1-7H,8-9H2,(H2,18,19). The Labute approximate surface area is 143 Å². The van der Waals surface area contributed by atoms with Crippen molar-refractivity contribution >= 4 is 38.9 Å². The quantitative estimate of drug-likeness (QED) is 0.841. The predicted molar refractivity (Wildman–Crippen MR) is 89.7 cm³/mol. The molecule has 2 aromatic rings. The first-order chi connectivity index (χ1) is 10.8. The number of benzene rings is 2. The van der Waals surface area contributed by atoms with Crippen LogP contribution in [0.15, 0.2) is 42.5 Å². The largest absolute Gasteiger partial charge is 0.457 e. The summed E-state index contributed by atoms with van der Waals surface area (Å²) in [5, 5.41) is 0.708. The highest BCUT2D eigenvalue weighted by atomic mass is 35.5. The lowest BCUT2D eigenvalue weighted by molar-refractivity contribution is -0.115. The van der Waals surface area contributed by atoms with E-state index in [1.807, 2.05) is 0 Å². The molecule has 23 heavy (non-hydrogen) atoms. The summed E-state index contributed by atoms with van der Waals surface area (Å²) in [7, 11) is -3.67. The summed E-state index contributed by atoms with van der Waals surface area (Å²) in [5.74, 6) is -1.20. The van der Waals surface area contributed by atoms with E-state index < -0.39 is 21.5 Å². The molecule has 0 aliphatic heterocycles. The molecule has 2 N–H and O–H groups in total. The van der Waals surface area contributed by atoms with E-state index in [-0.39, 0.29) is 5.75 Å². The summed E-state index contributed by atoms with van der Waals surface area (Å²) < 4.78 is 29.5. The van der Waals surface area contributed by atoms with Gasteiger partial charge in [-0.25, -0.2) is 8.42 Å². The number of carbonyl (C=O) groups is 1. The van der Waals surface area contributed by atoms with Gasteiger partial charge in [-0.15, -0.1) is 0 Å². The monoisotopic (exact) mass is 373 g/mol. The first-order valence-corrected chi connectivity index (χ1v) is 9.04. The van der Waals surface area contributed by atoms with Crippen LogP contribution in [0.4, 0.5) is 0 Å². The Morgan fingerprint density at radius 3 is 2.43 bits per heavy atom. The van der Waals surface area contributed by atoms with E-state index in [0.29, 0.717) is 27.1 Å². The Hall–Kier alpha value is -1.76. The highest BCUT2D eigenvalue weighted by Crippen LogP contribution is 2.31. The first-order valence-electron chi connectivity index (χ1n) is 6.46. The minimum Gasteiger partial charge on any atom is -0.457 e. The number of rotatable bonds is 6. The SMILES string of the molecule is NC(=O)CS(=O)(=O)Cc1ccccc1Oc1ccc(Cl)c(Cl)c1. The van der Waals surface area contributed by atoms with E-state index in [1.54, 1.807) is 36.4 Å². The molecule has 122 valence electrons. The molecule has 0 saturated carbocycles. The number of primary amides is 1. The zero-order valence-electron chi connectivity index (χ0n) is 11.8. The lowest BCUT2D eigenvalue weighted by Crippen LogP contribution is -2.24. The summed E-state index contributed by atoms with van der Waals surface area (Å²) in [6.45, 7) is 0. The van der Waals surface area contributed by atoms with Gasteiger partial charge in [0.2, 0.25) is 5.91 Å². The van der Waals surface area contributed by atoms with Crippen molar-refractivity contribution in [1.29, 1.82) is 0 Å². The number of nitrogens with two attached hydrogens (primary N) is 1. The Bertz CT molecular complexity index is 837. The number of para-hydroxylation sites is 1. The van der Waals surface area contributed by atoms with Crippen molar-refractivity contribution in [3.63, 3.8) is 0 Å². The fraction of sp³-hybridized carbons (Fsp3) is 0.133. The molecule has 1 amide bonds. The van der Waals surface area contributed by atoms with Gasteiger partial charge in [-0.2, -0.15) is 0 Å². The highest BCUT2D eigenvalue weighted by Gasteiger charge is 2.18. The molecule has 0 heterocycles. The average Bonchev–Trinajstić information content (AvgIpc) is 2.43. The Kier molecular flexibility index (Phi) is 5.51. The fourth-order valence-electron chi connectivity index (χ4n) is 1.89. The molecule has 2 aromatic carbocycles. The number of hydrogen-bond acceptors (Lipinski definition) is 4. The van der Waals surface area contributed by atoms with Crippen LogP contribution in [0.25, 0.3) is 0 Å². The average molecular weight is 374 g/mol. The van der Waals surface area contributed by atoms with Crippen LogP contribution >= 0.6 is 23.2 Å². The molecule has 2 rings (SSSR count). The number of ether oxygens (including phenoxy) is 1. The third-order valence-corrected chi connectivity index (χ3v) is 5.04. The van der Waals surface area contributed by atoms with E-state index in [1.165, 1.54) is 6.07 Å². The third-order valence-electron chi connectivity index (χ3n) is 2.83. The van der Waals surface area contributed by atoms with Crippen LogP contribution < -0.4 is 10.5 Å². The summed E-state index contributed by atoms with van der Waals surface area (Å²) >= 11 is 11.8. The maximum absolute atomic E-state index is 11.9. The maximum atomic E-state index is 11.9. The molecule has 0 aliphatic carbocycles. The maximum Gasteiger partial charge on any atom is 0.232 e. The van der Waals surface area contributed by atoms with Gasteiger partial charge in [-0.05, 0) is 18.2 Å². The van der Waals surface area contributed by atoms with Gasteiger partial charge in [-0.3, -0.25) is 4.79 Å². The van der Waals surface area contributed by atoms with E-state index in [2.05, 4.69) is 0 Å². The molecule has 0 unspecified atom stereocenters. The number of hydrogen-bond donors (Lipinski definition) is 1. The van der Waals surface area contributed by atoms with Crippen molar-refractivity contribution in [3.8, 4) is 11.5 Å². The van der Waals surface area contributed by atoms with Gasteiger partial charge in [0.25, 0.3) is 0 Å². The smallest absolute Gasteiger partial charge is 0.232 e. The minimum atomic E-state index is -3.67. The molecular weight excluding hydrogens is 361 g/mol. The molecule has 0 bridgehead atoms. The van der Waals surface area contributed by atoms with Crippen LogP contribution in [-0.2, 0) is 20.4 Å². The van der Waals surface area contributed by atoms with Crippen molar-refractivity contribution in [2.75, 3.05) is 5.75 Å². The molecule has 0 spiro atoms. The molecular formula is C15H13Cl2NO4S. The third kappa shape index (κ3) is 5.13. The van der Waals surface area contributed by atoms with Crippen molar-refractivity contribution in [2.45, 2.75) is 5.75 Å². The van der Waals surface area contributed by atoms with E-state index in [0.717, 1.165) is 0 Å². The predicted octanol–water partition coefficient (Wildman–Crippen LogP) is 3.19. The number of sulfone groups is 1. The molecule has 0 aliphatic rings. The molecule has 5 nitrogen and oxygen atoms in total. The Balaban J connectivity index is 2.27. The van der Waals surface area contributed by atoms with E-state index in [9.17, 15) is 13.2 Å². The fourth-order valence-corrected chi connectivity index (χ4v) is 3.43. The summed E-state index contributed by atoms with van der Waals surface area (Å²) in [4.78, 5) is 10.8. The second-order valence-electron chi connectivity index (χ2n) is 4.78. The Morgan fingerprint density at radius 2 is 1.78 bits per heavy atom. The normalized spacial score (nSPS) is 11.2. The van der Waals surface area contributed by atoms with Gasteiger partial charge in [0.15, 0.2) is 9.84 Å². The van der Waals surface area contributed by atoms with Crippen molar-refractivity contribution < 1.29 is 17.9 Å². The van der Waals surface area contributed by atoms with Gasteiger partial charge < -0.3 is 10.5 Å². The second-order valence-corrected chi connectivity index (χ2v) is 7.66. The molecule has 0 aromatic heterocycles. The van der Waals surface area contributed by atoms with Crippen LogP contribution in [-0.4, -0.2) is 20.1 Å². The lowest BCUT2D eigenvalue weighted by Gasteiger charge is -2.11. The van der Waals surface area contributed by atoms with Crippen molar-refractivity contribution in [3.05, 3.63) is 58.1 Å². The van der Waals surface area contributed by atoms with Gasteiger partial charge in [-0.1, -0.05) is 41.4 Å². The van der Waals surface area contributed by atoms with Gasteiger partial charge in [0, 0.05) is 11.6 Å². The number of amides is 1. The topological polar surface area (TPSA) is 86.5 Å². The summed E-state index contributed by atoms with van der Waals surface area (Å²) in [6.07, 6.45) is 0. The molecule has 8 heteroatoms. The minimum absolute atomic E-state index is 0.322. The lowest BCUT2D eigenvalue weighted by atomic mass is 10.2. The van der Waals surface area contributed by atoms with E-state index >= 15 is 0 Å². The zero-order chi connectivity index (χ0) is 17.0. The van der Waals surface area contributed by atoms with E-state index in [4.69, 9.17) is 33.7 Å². The van der Waals surface area contributed by atoms with Crippen LogP contribution in [0.5, 0.6) is 11.5 Å². The van der Waals surface area contributed by atoms with Gasteiger partial charge in [0.05, 0.1) is 15.8 Å². The Morgan fingerprint density at radius 1 is 1.09 bits per heavy atom. The second kappa shape index (κ2) is 7.21. The highest BCUT2D eigenvalue weighted by molar-refractivity contribution is 7.91. The van der Waals surface area contributed by atoms with Crippen molar-refractivity contribution in [2.24, 2.45) is 5.73 Å². The molecule has 0 radical (unpaired) electrons. The summed E-state index contributed by atoms with van der Waals surface area (Å²) in [5.41, 5.74) is 5.36. The zero-order valence-corrected chi connectivity index (χ0v) is 14.2.